The maximum absolute atomic E-state index is 13.1. The molecule has 0 radical (unpaired) electrons. The normalized spacial score (nSPS) is 17.3. The minimum atomic E-state index is -4.92. The van der Waals surface area contributed by atoms with Gasteiger partial charge in [-0.05, 0) is 36.6 Å². The molecule has 2 unspecified atom stereocenters. The maximum atomic E-state index is 13.1. The van der Waals surface area contributed by atoms with E-state index in [1.807, 2.05) is 0 Å². The van der Waals surface area contributed by atoms with E-state index in [0.29, 0.717) is 0 Å². The van der Waals surface area contributed by atoms with Crippen molar-refractivity contribution in [2.75, 3.05) is 0 Å². The Morgan fingerprint density at radius 2 is 1.89 bits per heavy atom. The minimum Gasteiger partial charge on any atom is -0.375 e. The van der Waals surface area contributed by atoms with Crippen LogP contribution in [0.15, 0.2) is 18.2 Å². The van der Waals surface area contributed by atoms with Crippen LogP contribution in [0.5, 0.6) is 0 Å². The van der Waals surface area contributed by atoms with Crippen LogP contribution in [0, 0.1) is 12.7 Å². The van der Waals surface area contributed by atoms with E-state index in [9.17, 15) is 22.7 Å². The van der Waals surface area contributed by atoms with Crippen LogP contribution in [-0.4, -0.2) is 17.3 Å². The first-order valence-electron chi connectivity index (χ1n) is 5.45. The molecule has 0 amide bonds. The molecule has 2 nitrogen and oxygen atoms in total. The predicted molar refractivity (Wildman–Crippen MR) is 59.4 cm³/mol. The zero-order chi connectivity index (χ0) is 14.1. The standard InChI is InChI=1S/C12H15F4NO/c1-3-10(17)11(18,12(14,15)16)8-4-5-9(13)7(2)6-8/h4-6,10,18H,3,17H2,1-2H3. The number of nitrogens with two attached hydrogens (primary N) is 1. The molecule has 0 heterocycles. The van der Waals surface area contributed by atoms with Crippen LogP contribution in [0.1, 0.15) is 24.5 Å². The highest BCUT2D eigenvalue weighted by atomic mass is 19.4. The second kappa shape index (κ2) is 4.85. The van der Waals surface area contributed by atoms with Crippen LogP contribution in [0.4, 0.5) is 17.6 Å². The Bertz CT molecular complexity index is 433. The summed E-state index contributed by atoms with van der Waals surface area (Å²) in [6, 6.07) is 1.26. The molecule has 0 saturated carbocycles. The molecule has 102 valence electrons. The molecule has 0 fully saturated rings. The highest BCUT2D eigenvalue weighted by Gasteiger charge is 2.58. The lowest BCUT2D eigenvalue weighted by Crippen LogP contribution is -2.55. The van der Waals surface area contributed by atoms with E-state index in [4.69, 9.17) is 5.73 Å². The SMILES string of the molecule is CCC(N)C(O)(c1ccc(F)c(C)c1)C(F)(F)F. The molecule has 0 aliphatic heterocycles. The number of rotatable bonds is 3. The fourth-order valence-corrected chi connectivity index (χ4v) is 1.77. The number of benzene rings is 1. The van der Waals surface area contributed by atoms with E-state index in [-0.39, 0.29) is 12.0 Å². The first-order valence-corrected chi connectivity index (χ1v) is 5.45. The Balaban J connectivity index is 3.40. The average molecular weight is 265 g/mol. The van der Waals surface area contributed by atoms with Crippen molar-refractivity contribution in [3.05, 3.63) is 35.1 Å². The molecular formula is C12H15F4NO. The first-order chi connectivity index (χ1) is 8.14. The number of aryl methyl sites for hydroxylation is 1. The average Bonchev–Trinajstić information content (AvgIpc) is 2.29. The van der Waals surface area contributed by atoms with Gasteiger partial charge in [-0.3, -0.25) is 0 Å². The van der Waals surface area contributed by atoms with Crippen LogP contribution < -0.4 is 5.73 Å². The molecule has 1 rings (SSSR count). The van der Waals surface area contributed by atoms with E-state index in [1.165, 1.54) is 13.8 Å². The lowest BCUT2D eigenvalue weighted by molar-refractivity contribution is -0.274. The molecule has 0 bridgehead atoms. The quantitative estimate of drug-likeness (QED) is 0.825. The van der Waals surface area contributed by atoms with E-state index in [0.717, 1.165) is 18.2 Å². The first kappa shape index (κ1) is 14.9. The van der Waals surface area contributed by atoms with E-state index in [1.54, 1.807) is 0 Å². The van der Waals surface area contributed by atoms with Crippen molar-refractivity contribution in [3.8, 4) is 0 Å². The molecular weight excluding hydrogens is 250 g/mol. The van der Waals surface area contributed by atoms with E-state index >= 15 is 0 Å². The molecule has 1 aromatic carbocycles. The number of hydrogen-bond donors (Lipinski definition) is 2. The lowest BCUT2D eigenvalue weighted by Gasteiger charge is -2.35. The third-order valence-electron chi connectivity index (χ3n) is 3.01. The van der Waals surface area contributed by atoms with Crippen LogP contribution >= 0.6 is 0 Å². The van der Waals surface area contributed by atoms with Gasteiger partial charge in [0.25, 0.3) is 0 Å². The Morgan fingerprint density at radius 3 is 2.28 bits per heavy atom. The summed E-state index contributed by atoms with van der Waals surface area (Å²) in [5.41, 5.74) is 1.81. The lowest BCUT2D eigenvalue weighted by atomic mass is 9.84. The Kier molecular flexibility index (Phi) is 4.02. The Morgan fingerprint density at radius 1 is 1.33 bits per heavy atom. The third kappa shape index (κ3) is 2.35. The highest BCUT2D eigenvalue weighted by Crippen LogP contribution is 2.42. The number of hydrogen-bond acceptors (Lipinski definition) is 2. The zero-order valence-corrected chi connectivity index (χ0v) is 10.1. The maximum Gasteiger partial charge on any atom is 0.422 e. The van der Waals surface area contributed by atoms with Crippen molar-refractivity contribution < 1.29 is 22.7 Å². The monoisotopic (exact) mass is 265 g/mol. The molecule has 0 spiro atoms. The largest absolute Gasteiger partial charge is 0.422 e. The summed E-state index contributed by atoms with van der Waals surface area (Å²) < 4.78 is 52.2. The Labute approximate surface area is 102 Å². The molecule has 18 heavy (non-hydrogen) atoms. The molecule has 2 atom stereocenters. The highest BCUT2D eigenvalue weighted by molar-refractivity contribution is 5.31. The second-order valence-electron chi connectivity index (χ2n) is 4.24. The summed E-state index contributed by atoms with van der Waals surface area (Å²) in [6.07, 6.45) is -4.99. The molecule has 0 aromatic heterocycles. The Hall–Kier alpha value is -1.14. The predicted octanol–water partition coefficient (Wildman–Crippen LogP) is 2.62. The second-order valence-corrected chi connectivity index (χ2v) is 4.24. The molecule has 6 heteroatoms. The van der Waals surface area contributed by atoms with E-state index in [2.05, 4.69) is 0 Å². The minimum absolute atomic E-state index is 0.0264. The van der Waals surface area contributed by atoms with Gasteiger partial charge in [0, 0.05) is 6.04 Å². The van der Waals surface area contributed by atoms with Crippen LogP contribution in [-0.2, 0) is 5.60 Å². The van der Waals surface area contributed by atoms with Gasteiger partial charge in [-0.25, -0.2) is 4.39 Å². The van der Waals surface area contributed by atoms with Gasteiger partial charge in [-0.15, -0.1) is 0 Å². The fourth-order valence-electron chi connectivity index (χ4n) is 1.77. The van der Waals surface area contributed by atoms with Crippen molar-refractivity contribution in [1.29, 1.82) is 0 Å². The summed E-state index contributed by atoms with van der Waals surface area (Å²) in [5.74, 6) is -0.631. The molecule has 0 saturated heterocycles. The van der Waals surface area contributed by atoms with Gasteiger partial charge in [0.2, 0.25) is 5.60 Å². The summed E-state index contributed by atoms with van der Waals surface area (Å²) >= 11 is 0. The number of aliphatic hydroxyl groups is 1. The van der Waals surface area contributed by atoms with Gasteiger partial charge in [0.05, 0.1) is 0 Å². The summed E-state index contributed by atoms with van der Waals surface area (Å²) in [7, 11) is 0. The van der Waals surface area contributed by atoms with Crippen molar-refractivity contribution >= 4 is 0 Å². The van der Waals surface area contributed by atoms with Crippen LogP contribution in [0.25, 0.3) is 0 Å². The molecule has 1 aromatic rings. The van der Waals surface area contributed by atoms with Crippen molar-refractivity contribution in [1.82, 2.24) is 0 Å². The van der Waals surface area contributed by atoms with Crippen molar-refractivity contribution in [3.63, 3.8) is 0 Å². The summed E-state index contributed by atoms with van der Waals surface area (Å²) in [6.45, 7) is 2.77. The smallest absolute Gasteiger partial charge is 0.375 e. The van der Waals surface area contributed by atoms with Crippen molar-refractivity contribution in [2.45, 2.75) is 38.1 Å². The van der Waals surface area contributed by atoms with E-state index < -0.39 is 29.2 Å². The van der Waals surface area contributed by atoms with Crippen LogP contribution in [0.3, 0.4) is 0 Å². The van der Waals surface area contributed by atoms with Crippen LogP contribution in [0.2, 0.25) is 0 Å². The molecule has 0 aliphatic carbocycles. The fraction of sp³-hybridized carbons (Fsp3) is 0.500. The van der Waals surface area contributed by atoms with Gasteiger partial charge >= 0.3 is 6.18 Å². The number of alkyl halides is 3. The van der Waals surface area contributed by atoms with Gasteiger partial charge < -0.3 is 10.8 Å². The molecule has 3 N–H and O–H groups in total. The zero-order valence-electron chi connectivity index (χ0n) is 10.1. The van der Waals surface area contributed by atoms with Gasteiger partial charge in [0.15, 0.2) is 0 Å². The van der Waals surface area contributed by atoms with Gasteiger partial charge in [-0.1, -0.05) is 13.0 Å². The topological polar surface area (TPSA) is 46.2 Å². The summed E-state index contributed by atoms with van der Waals surface area (Å²) in [5, 5.41) is 9.93. The third-order valence-corrected chi connectivity index (χ3v) is 3.01. The molecule has 0 aliphatic rings. The van der Waals surface area contributed by atoms with Crippen molar-refractivity contribution in [2.24, 2.45) is 5.73 Å². The summed E-state index contributed by atoms with van der Waals surface area (Å²) in [4.78, 5) is 0. The van der Waals surface area contributed by atoms with Gasteiger partial charge in [0.1, 0.15) is 5.82 Å². The van der Waals surface area contributed by atoms with Gasteiger partial charge in [-0.2, -0.15) is 13.2 Å². The number of halogens is 4.